The van der Waals surface area contributed by atoms with Gasteiger partial charge < -0.3 is 0 Å². The molecule has 1 saturated carbocycles. The van der Waals surface area contributed by atoms with Crippen LogP contribution in [0.25, 0.3) is 0 Å². The first-order valence-electron chi connectivity index (χ1n) is 4.72. The summed E-state index contributed by atoms with van der Waals surface area (Å²) in [4.78, 5) is 11.5. The average molecular weight is 178 g/mol. The van der Waals surface area contributed by atoms with Crippen molar-refractivity contribution in [2.75, 3.05) is 0 Å². The van der Waals surface area contributed by atoms with Crippen molar-refractivity contribution in [3.8, 4) is 0 Å². The van der Waals surface area contributed by atoms with Crippen LogP contribution < -0.4 is 5.56 Å². The Bertz CT molecular complexity index is 377. The van der Waals surface area contributed by atoms with Gasteiger partial charge in [-0.1, -0.05) is 0 Å². The molecule has 0 aliphatic heterocycles. The summed E-state index contributed by atoms with van der Waals surface area (Å²) in [5.41, 5.74) is 1.98. The molecule has 70 valence electrons. The van der Waals surface area contributed by atoms with Crippen molar-refractivity contribution in [2.45, 2.75) is 33.2 Å². The van der Waals surface area contributed by atoms with Crippen molar-refractivity contribution in [1.82, 2.24) is 9.78 Å². The van der Waals surface area contributed by atoms with E-state index < -0.39 is 0 Å². The van der Waals surface area contributed by atoms with Gasteiger partial charge in [0, 0.05) is 12.6 Å². The first kappa shape index (κ1) is 8.48. The number of rotatable bonds is 2. The van der Waals surface area contributed by atoms with Gasteiger partial charge in [0.25, 0.3) is 5.56 Å². The summed E-state index contributed by atoms with van der Waals surface area (Å²) in [5.74, 6) is 0.701. The largest absolute Gasteiger partial charge is 0.268 e. The van der Waals surface area contributed by atoms with Crippen molar-refractivity contribution >= 4 is 0 Å². The molecule has 0 spiro atoms. The molecule has 0 radical (unpaired) electrons. The summed E-state index contributed by atoms with van der Waals surface area (Å²) < 4.78 is 1.60. The van der Waals surface area contributed by atoms with Gasteiger partial charge in [-0.2, -0.15) is 5.10 Å². The SMILES string of the molecule is Cc1cc(=O)n(CC2CC2)nc1C. The molecule has 3 nitrogen and oxygen atoms in total. The van der Waals surface area contributed by atoms with E-state index in [0.717, 1.165) is 17.8 Å². The van der Waals surface area contributed by atoms with Crippen LogP contribution in [0.3, 0.4) is 0 Å². The Kier molecular flexibility index (Phi) is 1.94. The second kappa shape index (κ2) is 2.98. The van der Waals surface area contributed by atoms with Gasteiger partial charge in [0.15, 0.2) is 0 Å². The lowest BCUT2D eigenvalue weighted by atomic mass is 10.2. The van der Waals surface area contributed by atoms with E-state index in [0.29, 0.717) is 5.92 Å². The quantitative estimate of drug-likeness (QED) is 0.683. The lowest BCUT2D eigenvalue weighted by Gasteiger charge is -2.05. The van der Waals surface area contributed by atoms with Crippen molar-refractivity contribution < 1.29 is 0 Å². The number of hydrogen-bond acceptors (Lipinski definition) is 2. The highest BCUT2D eigenvalue weighted by molar-refractivity contribution is 5.13. The Morgan fingerprint density at radius 1 is 1.54 bits per heavy atom. The molecule has 3 heteroatoms. The third kappa shape index (κ3) is 1.79. The zero-order valence-electron chi connectivity index (χ0n) is 8.08. The maximum atomic E-state index is 11.5. The molecular formula is C10H14N2O. The first-order chi connectivity index (χ1) is 6.16. The molecule has 0 amide bonds. The van der Waals surface area contributed by atoms with Gasteiger partial charge in [-0.25, -0.2) is 4.68 Å². The third-order valence-electron chi connectivity index (χ3n) is 2.56. The van der Waals surface area contributed by atoms with Gasteiger partial charge in [0.05, 0.1) is 5.69 Å². The van der Waals surface area contributed by atoms with Crippen LogP contribution in [0.1, 0.15) is 24.1 Å². The molecule has 0 N–H and O–H groups in total. The van der Waals surface area contributed by atoms with E-state index in [9.17, 15) is 4.79 Å². The van der Waals surface area contributed by atoms with E-state index in [-0.39, 0.29) is 5.56 Å². The summed E-state index contributed by atoms with van der Waals surface area (Å²) >= 11 is 0. The second-order valence-electron chi connectivity index (χ2n) is 3.88. The zero-order chi connectivity index (χ0) is 9.42. The minimum Gasteiger partial charge on any atom is -0.268 e. The predicted molar refractivity (Wildman–Crippen MR) is 50.7 cm³/mol. The maximum absolute atomic E-state index is 11.5. The first-order valence-corrected chi connectivity index (χ1v) is 4.72. The van der Waals surface area contributed by atoms with E-state index >= 15 is 0 Å². The van der Waals surface area contributed by atoms with E-state index in [4.69, 9.17) is 0 Å². The summed E-state index contributed by atoms with van der Waals surface area (Å²) in [6.45, 7) is 4.67. The van der Waals surface area contributed by atoms with E-state index in [1.165, 1.54) is 12.8 Å². The lowest BCUT2D eigenvalue weighted by molar-refractivity contribution is 0.526. The fraction of sp³-hybridized carbons (Fsp3) is 0.600. The van der Waals surface area contributed by atoms with Crippen molar-refractivity contribution in [2.24, 2.45) is 5.92 Å². The molecule has 0 bridgehead atoms. The van der Waals surface area contributed by atoms with Crippen LogP contribution in [0.15, 0.2) is 10.9 Å². The molecule has 1 aromatic heterocycles. The number of aromatic nitrogens is 2. The van der Waals surface area contributed by atoms with Crippen LogP contribution in [0.2, 0.25) is 0 Å². The van der Waals surface area contributed by atoms with Crippen LogP contribution in [-0.2, 0) is 6.54 Å². The maximum Gasteiger partial charge on any atom is 0.267 e. The molecule has 0 unspecified atom stereocenters. The molecule has 0 atom stereocenters. The minimum absolute atomic E-state index is 0.0370. The minimum atomic E-state index is 0.0370. The Morgan fingerprint density at radius 2 is 2.23 bits per heavy atom. The molecule has 0 aromatic carbocycles. The molecule has 1 aromatic rings. The molecule has 1 fully saturated rings. The molecule has 0 saturated heterocycles. The molecule has 1 aliphatic rings. The van der Waals surface area contributed by atoms with Crippen LogP contribution in [0, 0.1) is 19.8 Å². The highest BCUT2D eigenvalue weighted by Crippen LogP contribution is 2.29. The smallest absolute Gasteiger partial charge is 0.267 e. The fourth-order valence-electron chi connectivity index (χ4n) is 1.35. The van der Waals surface area contributed by atoms with Gasteiger partial charge in [0.2, 0.25) is 0 Å². The number of aryl methyl sites for hydroxylation is 2. The topological polar surface area (TPSA) is 34.9 Å². The van der Waals surface area contributed by atoms with Gasteiger partial charge in [-0.3, -0.25) is 4.79 Å². The molecule has 1 aliphatic carbocycles. The molecule has 2 rings (SSSR count). The predicted octanol–water partition coefficient (Wildman–Crippen LogP) is 1.27. The Hall–Kier alpha value is -1.12. The van der Waals surface area contributed by atoms with Crippen molar-refractivity contribution in [1.29, 1.82) is 0 Å². The van der Waals surface area contributed by atoms with Crippen LogP contribution in [-0.4, -0.2) is 9.78 Å². The highest BCUT2D eigenvalue weighted by Gasteiger charge is 2.22. The van der Waals surface area contributed by atoms with Crippen molar-refractivity contribution in [3.05, 3.63) is 27.7 Å². The number of hydrogen-bond donors (Lipinski definition) is 0. The summed E-state index contributed by atoms with van der Waals surface area (Å²) in [5, 5.41) is 4.26. The van der Waals surface area contributed by atoms with Gasteiger partial charge in [0.1, 0.15) is 0 Å². The number of nitrogens with zero attached hydrogens (tertiary/aromatic N) is 2. The standard InChI is InChI=1S/C10H14N2O/c1-7-5-10(13)12(11-8(7)2)6-9-3-4-9/h5,9H,3-4,6H2,1-2H3. The summed E-state index contributed by atoms with van der Waals surface area (Å²) in [7, 11) is 0. The zero-order valence-corrected chi connectivity index (χ0v) is 8.08. The Balaban J connectivity index is 2.33. The van der Waals surface area contributed by atoms with Gasteiger partial charge in [-0.15, -0.1) is 0 Å². The summed E-state index contributed by atoms with van der Waals surface area (Å²) in [6, 6.07) is 1.67. The van der Waals surface area contributed by atoms with E-state index in [1.807, 2.05) is 13.8 Å². The van der Waals surface area contributed by atoms with Crippen LogP contribution in [0.4, 0.5) is 0 Å². The second-order valence-corrected chi connectivity index (χ2v) is 3.88. The molecule has 1 heterocycles. The lowest BCUT2D eigenvalue weighted by Crippen LogP contribution is -2.24. The highest BCUT2D eigenvalue weighted by atomic mass is 16.1. The van der Waals surface area contributed by atoms with E-state index in [1.54, 1.807) is 10.7 Å². The monoisotopic (exact) mass is 178 g/mol. The van der Waals surface area contributed by atoms with Gasteiger partial charge in [-0.05, 0) is 38.2 Å². The van der Waals surface area contributed by atoms with Crippen LogP contribution >= 0.6 is 0 Å². The average Bonchev–Trinajstić information content (AvgIpc) is 2.84. The van der Waals surface area contributed by atoms with Crippen molar-refractivity contribution in [3.63, 3.8) is 0 Å². The fourth-order valence-corrected chi connectivity index (χ4v) is 1.35. The third-order valence-corrected chi connectivity index (χ3v) is 2.56. The molecular weight excluding hydrogens is 164 g/mol. The Labute approximate surface area is 77.4 Å². The van der Waals surface area contributed by atoms with E-state index in [2.05, 4.69) is 5.10 Å². The van der Waals surface area contributed by atoms with Gasteiger partial charge >= 0.3 is 0 Å². The Morgan fingerprint density at radius 3 is 2.85 bits per heavy atom. The summed E-state index contributed by atoms with van der Waals surface area (Å²) in [6.07, 6.45) is 2.50. The van der Waals surface area contributed by atoms with Crippen LogP contribution in [0.5, 0.6) is 0 Å². The molecule has 13 heavy (non-hydrogen) atoms. The normalized spacial score (nSPS) is 16.2.